The second-order valence-corrected chi connectivity index (χ2v) is 9.14. The summed E-state index contributed by atoms with van der Waals surface area (Å²) in [5.41, 5.74) is 0.389. The van der Waals surface area contributed by atoms with Crippen molar-refractivity contribution < 1.29 is 26.4 Å². The molecule has 0 spiro atoms. The van der Waals surface area contributed by atoms with Crippen molar-refractivity contribution in [1.82, 2.24) is 0 Å². The molecule has 26 heavy (non-hydrogen) atoms. The van der Waals surface area contributed by atoms with E-state index >= 15 is 0 Å². The Morgan fingerprint density at radius 3 is 2.31 bits per heavy atom. The van der Waals surface area contributed by atoms with Crippen LogP contribution in [-0.4, -0.2) is 35.6 Å². The van der Waals surface area contributed by atoms with Crippen LogP contribution in [0.25, 0.3) is 0 Å². The lowest BCUT2D eigenvalue weighted by Gasteiger charge is -2.16. The molecule has 0 atom stereocenters. The summed E-state index contributed by atoms with van der Waals surface area (Å²) in [6.07, 6.45) is -0.0856. The number of nitrogens with one attached hydrogen (secondary N) is 1. The van der Waals surface area contributed by atoms with Crippen molar-refractivity contribution in [2.24, 2.45) is 0 Å². The Kier molecular flexibility index (Phi) is 4.63. The molecule has 1 N–H and O–H groups in total. The van der Waals surface area contributed by atoms with E-state index in [0.29, 0.717) is 10.1 Å². The number of para-hydroxylation sites is 2. The standard InChI is InChI=1S/C16H16N2O6S2/c1-24-15-5-3-2-4-14(15)17-26(22,23)13-8-6-12(7-9-13)18-16(19)10-11-25(18,20)21/h2-9,17H,10-11H2,1H3. The van der Waals surface area contributed by atoms with Gasteiger partial charge in [-0.2, -0.15) is 0 Å². The van der Waals surface area contributed by atoms with Crippen molar-refractivity contribution in [3.05, 3.63) is 48.5 Å². The maximum Gasteiger partial charge on any atom is 0.262 e. The lowest BCUT2D eigenvalue weighted by atomic mass is 10.3. The lowest BCUT2D eigenvalue weighted by Crippen LogP contribution is -2.29. The average molecular weight is 396 g/mol. The third-order valence-electron chi connectivity index (χ3n) is 3.81. The Balaban J connectivity index is 1.89. The van der Waals surface area contributed by atoms with Crippen LogP contribution in [-0.2, 0) is 24.8 Å². The first-order valence-electron chi connectivity index (χ1n) is 7.56. The SMILES string of the molecule is COc1ccccc1NS(=O)(=O)c1ccc(N2C(=O)CCS2(=O)=O)cc1. The normalized spacial score (nSPS) is 16.5. The molecular formula is C16H16N2O6S2. The van der Waals surface area contributed by atoms with Crippen LogP contribution >= 0.6 is 0 Å². The van der Waals surface area contributed by atoms with Crippen molar-refractivity contribution in [1.29, 1.82) is 0 Å². The van der Waals surface area contributed by atoms with Crippen molar-refractivity contribution >= 4 is 37.3 Å². The average Bonchev–Trinajstić information content (AvgIpc) is 2.88. The number of rotatable bonds is 5. The number of sulfonamides is 2. The van der Waals surface area contributed by atoms with Gasteiger partial charge in [0.25, 0.3) is 10.0 Å². The molecule has 1 aliphatic rings. The van der Waals surface area contributed by atoms with E-state index in [2.05, 4.69) is 4.72 Å². The Morgan fingerprint density at radius 2 is 1.73 bits per heavy atom. The second-order valence-electron chi connectivity index (χ2n) is 5.52. The summed E-state index contributed by atoms with van der Waals surface area (Å²) in [6, 6.07) is 11.6. The minimum absolute atomic E-state index is 0.0730. The van der Waals surface area contributed by atoms with Gasteiger partial charge in [0.1, 0.15) is 5.75 Å². The maximum atomic E-state index is 12.5. The van der Waals surface area contributed by atoms with Crippen molar-refractivity contribution in [2.45, 2.75) is 11.3 Å². The van der Waals surface area contributed by atoms with E-state index in [1.807, 2.05) is 0 Å². The summed E-state index contributed by atoms with van der Waals surface area (Å²) in [5.74, 6) is -0.421. The third kappa shape index (κ3) is 3.37. The Hall–Kier alpha value is -2.59. The lowest BCUT2D eigenvalue weighted by molar-refractivity contribution is -0.116. The van der Waals surface area contributed by atoms with Crippen LogP contribution in [0.1, 0.15) is 6.42 Å². The van der Waals surface area contributed by atoms with E-state index in [9.17, 15) is 21.6 Å². The molecule has 0 bridgehead atoms. The van der Waals surface area contributed by atoms with Gasteiger partial charge >= 0.3 is 0 Å². The van der Waals surface area contributed by atoms with E-state index in [4.69, 9.17) is 4.74 Å². The van der Waals surface area contributed by atoms with E-state index in [-0.39, 0.29) is 28.4 Å². The number of hydrogen-bond acceptors (Lipinski definition) is 6. The van der Waals surface area contributed by atoms with E-state index in [1.54, 1.807) is 24.3 Å². The van der Waals surface area contributed by atoms with Gasteiger partial charge < -0.3 is 4.74 Å². The first kappa shape index (κ1) is 18.2. The highest BCUT2D eigenvalue weighted by molar-refractivity contribution is 7.94. The number of nitrogens with zero attached hydrogens (tertiary/aromatic N) is 1. The molecule has 10 heteroatoms. The molecule has 2 aromatic rings. The highest BCUT2D eigenvalue weighted by Crippen LogP contribution is 2.29. The highest BCUT2D eigenvalue weighted by atomic mass is 32.2. The van der Waals surface area contributed by atoms with Crippen LogP contribution in [0.3, 0.4) is 0 Å². The van der Waals surface area contributed by atoms with Gasteiger partial charge in [-0.1, -0.05) is 12.1 Å². The van der Waals surface area contributed by atoms with Crippen LogP contribution in [0.5, 0.6) is 5.75 Å². The first-order chi connectivity index (χ1) is 12.2. The number of anilines is 2. The van der Waals surface area contributed by atoms with Crippen LogP contribution in [0, 0.1) is 0 Å². The van der Waals surface area contributed by atoms with Gasteiger partial charge in [0.15, 0.2) is 0 Å². The smallest absolute Gasteiger partial charge is 0.262 e. The number of ether oxygens (including phenoxy) is 1. The van der Waals surface area contributed by atoms with Crippen LogP contribution in [0.4, 0.5) is 11.4 Å². The first-order valence-corrected chi connectivity index (χ1v) is 10.7. The quantitative estimate of drug-likeness (QED) is 0.821. The van der Waals surface area contributed by atoms with Crippen LogP contribution < -0.4 is 13.8 Å². The van der Waals surface area contributed by atoms with Gasteiger partial charge in [-0.05, 0) is 36.4 Å². The molecule has 1 amide bonds. The van der Waals surface area contributed by atoms with Gasteiger partial charge in [0.05, 0.1) is 29.1 Å². The maximum absolute atomic E-state index is 12.5. The minimum atomic E-state index is -3.91. The van der Waals surface area contributed by atoms with Gasteiger partial charge in [-0.3, -0.25) is 9.52 Å². The van der Waals surface area contributed by atoms with Crippen LogP contribution in [0.15, 0.2) is 53.4 Å². The number of hydrogen-bond donors (Lipinski definition) is 1. The van der Waals surface area contributed by atoms with Crippen LogP contribution in [0.2, 0.25) is 0 Å². The molecular weight excluding hydrogens is 380 g/mol. The molecule has 0 aliphatic carbocycles. The predicted molar refractivity (Wildman–Crippen MR) is 96.1 cm³/mol. The van der Waals surface area contributed by atoms with E-state index in [0.717, 1.165) is 0 Å². The zero-order chi connectivity index (χ0) is 18.9. The predicted octanol–water partition coefficient (Wildman–Crippen LogP) is 1.56. The molecule has 1 heterocycles. The molecule has 8 nitrogen and oxygen atoms in total. The fraction of sp³-hybridized carbons (Fsp3) is 0.188. The summed E-state index contributed by atoms with van der Waals surface area (Å²) in [4.78, 5) is 11.7. The molecule has 2 aromatic carbocycles. The zero-order valence-corrected chi connectivity index (χ0v) is 15.4. The summed E-state index contributed by atoms with van der Waals surface area (Å²) in [7, 11) is -6.18. The molecule has 1 aliphatic heterocycles. The van der Waals surface area contributed by atoms with Gasteiger partial charge in [0.2, 0.25) is 15.9 Å². The topological polar surface area (TPSA) is 110 Å². The number of carbonyl (C=O) groups excluding carboxylic acids is 1. The fourth-order valence-electron chi connectivity index (χ4n) is 2.56. The molecule has 0 unspecified atom stereocenters. The molecule has 0 saturated carbocycles. The van der Waals surface area contributed by atoms with Crippen molar-refractivity contribution in [3.63, 3.8) is 0 Å². The number of methoxy groups -OCH3 is 1. The number of carbonyl (C=O) groups is 1. The van der Waals surface area contributed by atoms with E-state index in [1.165, 1.54) is 31.4 Å². The van der Waals surface area contributed by atoms with Gasteiger partial charge in [0, 0.05) is 6.42 Å². The second kappa shape index (κ2) is 6.61. The molecule has 0 aromatic heterocycles. The number of benzene rings is 2. The fourth-order valence-corrected chi connectivity index (χ4v) is 5.09. The molecule has 138 valence electrons. The minimum Gasteiger partial charge on any atom is -0.495 e. The Bertz CT molecular complexity index is 1050. The van der Waals surface area contributed by atoms with Gasteiger partial charge in [-0.25, -0.2) is 21.1 Å². The largest absolute Gasteiger partial charge is 0.495 e. The molecule has 1 saturated heterocycles. The Labute approximate surface area is 151 Å². The third-order valence-corrected chi connectivity index (χ3v) is 6.88. The summed E-state index contributed by atoms with van der Waals surface area (Å²) >= 11 is 0. The summed E-state index contributed by atoms with van der Waals surface area (Å²) in [6.45, 7) is 0. The molecule has 0 radical (unpaired) electrons. The molecule has 1 fully saturated rings. The summed E-state index contributed by atoms with van der Waals surface area (Å²) < 4.78 is 57.1. The van der Waals surface area contributed by atoms with Crippen molar-refractivity contribution in [2.75, 3.05) is 21.9 Å². The van der Waals surface area contributed by atoms with E-state index < -0.39 is 26.0 Å². The Morgan fingerprint density at radius 1 is 1.08 bits per heavy atom. The molecule has 3 rings (SSSR count). The summed E-state index contributed by atoms with van der Waals surface area (Å²) in [5, 5.41) is 0. The monoisotopic (exact) mass is 396 g/mol. The van der Waals surface area contributed by atoms with Gasteiger partial charge in [-0.15, -0.1) is 0 Å². The van der Waals surface area contributed by atoms with Crippen molar-refractivity contribution in [3.8, 4) is 5.75 Å². The highest BCUT2D eigenvalue weighted by Gasteiger charge is 2.36. The number of amides is 1. The zero-order valence-electron chi connectivity index (χ0n) is 13.7.